The number of carbonyl (C=O) groups is 2. The van der Waals surface area contributed by atoms with Crippen LogP contribution in [0.15, 0.2) is 12.4 Å². The second-order valence-corrected chi connectivity index (χ2v) is 5.28. The van der Waals surface area contributed by atoms with E-state index in [2.05, 4.69) is 10.4 Å². The number of nitrogens with zero attached hydrogens (tertiary/aromatic N) is 2. The lowest BCUT2D eigenvalue weighted by atomic mass is 10.1. The van der Waals surface area contributed by atoms with Crippen molar-refractivity contribution < 1.29 is 19.1 Å². The summed E-state index contributed by atoms with van der Waals surface area (Å²) in [5.74, 6) is -0.550. The standard InChI is InChI=1S/C13H21N3O4/c1-6-19-11(17)10(9-7-14-16(5)8-9)15-12(18)20-13(2,3)4/h7-8,10H,6H2,1-5H3,(H,15,18). The van der Waals surface area contributed by atoms with Gasteiger partial charge in [-0.25, -0.2) is 9.59 Å². The molecule has 0 spiro atoms. The third-order valence-corrected chi connectivity index (χ3v) is 2.24. The van der Waals surface area contributed by atoms with Crippen molar-refractivity contribution >= 4 is 12.1 Å². The number of aryl methyl sites for hydroxylation is 1. The summed E-state index contributed by atoms with van der Waals surface area (Å²) in [5, 5.41) is 6.48. The number of rotatable bonds is 4. The van der Waals surface area contributed by atoms with Gasteiger partial charge in [-0.3, -0.25) is 4.68 Å². The first-order valence-corrected chi connectivity index (χ1v) is 6.37. The Balaban J connectivity index is 2.84. The fourth-order valence-electron chi connectivity index (χ4n) is 1.52. The van der Waals surface area contributed by atoms with Gasteiger partial charge in [-0.15, -0.1) is 0 Å². The Morgan fingerprint density at radius 2 is 2.10 bits per heavy atom. The maximum Gasteiger partial charge on any atom is 0.408 e. The van der Waals surface area contributed by atoms with Crippen LogP contribution >= 0.6 is 0 Å². The van der Waals surface area contributed by atoms with Gasteiger partial charge in [0.25, 0.3) is 0 Å². The number of amides is 1. The van der Waals surface area contributed by atoms with Crippen LogP contribution in [0.2, 0.25) is 0 Å². The molecular formula is C13H21N3O4. The summed E-state index contributed by atoms with van der Waals surface area (Å²) in [6.07, 6.45) is 2.46. The lowest BCUT2D eigenvalue weighted by Crippen LogP contribution is -2.38. The molecule has 0 aliphatic carbocycles. The summed E-state index contributed by atoms with van der Waals surface area (Å²) in [6, 6.07) is -0.932. The molecule has 0 saturated carbocycles. The highest BCUT2D eigenvalue weighted by Crippen LogP contribution is 2.15. The third-order valence-electron chi connectivity index (χ3n) is 2.24. The van der Waals surface area contributed by atoms with Crippen LogP contribution in [0.3, 0.4) is 0 Å². The zero-order valence-electron chi connectivity index (χ0n) is 12.5. The van der Waals surface area contributed by atoms with E-state index in [0.29, 0.717) is 5.56 Å². The van der Waals surface area contributed by atoms with E-state index in [-0.39, 0.29) is 6.61 Å². The molecule has 1 atom stereocenters. The van der Waals surface area contributed by atoms with Crippen molar-refractivity contribution in [2.45, 2.75) is 39.3 Å². The van der Waals surface area contributed by atoms with Crippen LogP contribution in [-0.2, 0) is 21.3 Å². The second kappa shape index (κ2) is 6.40. The molecule has 1 heterocycles. The predicted octanol–water partition coefficient (Wildman–Crippen LogP) is 1.55. The number of hydrogen-bond acceptors (Lipinski definition) is 5. The fourth-order valence-corrected chi connectivity index (χ4v) is 1.52. The van der Waals surface area contributed by atoms with Gasteiger partial charge in [0.15, 0.2) is 6.04 Å². The van der Waals surface area contributed by atoms with E-state index in [1.165, 1.54) is 6.20 Å². The van der Waals surface area contributed by atoms with Gasteiger partial charge in [0.05, 0.1) is 12.8 Å². The van der Waals surface area contributed by atoms with Crippen molar-refractivity contribution in [3.8, 4) is 0 Å². The molecule has 1 N–H and O–H groups in total. The Morgan fingerprint density at radius 3 is 2.55 bits per heavy atom. The largest absolute Gasteiger partial charge is 0.464 e. The van der Waals surface area contributed by atoms with Gasteiger partial charge < -0.3 is 14.8 Å². The van der Waals surface area contributed by atoms with Crippen molar-refractivity contribution in [3.63, 3.8) is 0 Å². The first kappa shape index (κ1) is 16.0. The van der Waals surface area contributed by atoms with E-state index in [1.807, 2.05) is 0 Å². The zero-order chi connectivity index (χ0) is 15.3. The summed E-state index contributed by atoms with van der Waals surface area (Å²) in [7, 11) is 1.72. The number of alkyl carbamates (subject to hydrolysis) is 1. The SMILES string of the molecule is CCOC(=O)C(NC(=O)OC(C)(C)C)c1cnn(C)c1. The average Bonchev–Trinajstić information content (AvgIpc) is 2.70. The van der Waals surface area contributed by atoms with E-state index in [1.54, 1.807) is 45.6 Å². The number of nitrogens with one attached hydrogen (secondary N) is 1. The van der Waals surface area contributed by atoms with Crippen LogP contribution in [0.5, 0.6) is 0 Å². The molecule has 20 heavy (non-hydrogen) atoms. The topological polar surface area (TPSA) is 82.4 Å². The van der Waals surface area contributed by atoms with Gasteiger partial charge in [-0.2, -0.15) is 5.10 Å². The highest BCUT2D eigenvalue weighted by Gasteiger charge is 2.27. The number of carbonyl (C=O) groups excluding carboxylic acids is 2. The molecule has 0 bridgehead atoms. The molecule has 1 rings (SSSR count). The van der Waals surface area contributed by atoms with E-state index in [9.17, 15) is 9.59 Å². The van der Waals surface area contributed by atoms with Crippen LogP contribution in [0, 0.1) is 0 Å². The Labute approximate surface area is 118 Å². The number of esters is 1. The van der Waals surface area contributed by atoms with Gasteiger partial charge in [-0.05, 0) is 27.7 Å². The van der Waals surface area contributed by atoms with Crippen LogP contribution in [0.4, 0.5) is 4.79 Å². The molecule has 1 unspecified atom stereocenters. The van der Waals surface area contributed by atoms with Crippen molar-refractivity contribution in [2.75, 3.05) is 6.61 Å². The maximum absolute atomic E-state index is 11.9. The molecule has 0 radical (unpaired) electrons. The monoisotopic (exact) mass is 283 g/mol. The number of hydrogen-bond donors (Lipinski definition) is 1. The lowest BCUT2D eigenvalue weighted by Gasteiger charge is -2.22. The minimum absolute atomic E-state index is 0.228. The number of ether oxygens (including phenoxy) is 2. The zero-order valence-corrected chi connectivity index (χ0v) is 12.5. The molecule has 1 aromatic heterocycles. The van der Waals surface area contributed by atoms with Gasteiger partial charge in [-0.1, -0.05) is 0 Å². The van der Waals surface area contributed by atoms with E-state index >= 15 is 0 Å². The predicted molar refractivity (Wildman–Crippen MR) is 72.0 cm³/mol. The lowest BCUT2D eigenvalue weighted by molar-refractivity contribution is -0.145. The van der Waals surface area contributed by atoms with Crippen LogP contribution in [0.1, 0.15) is 39.3 Å². The Morgan fingerprint density at radius 1 is 1.45 bits per heavy atom. The summed E-state index contributed by atoms with van der Waals surface area (Å²) in [5.41, 5.74) is -0.102. The third kappa shape index (κ3) is 4.91. The maximum atomic E-state index is 11.9. The molecular weight excluding hydrogens is 262 g/mol. The second-order valence-electron chi connectivity index (χ2n) is 5.28. The highest BCUT2D eigenvalue weighted by molar-refractivity contribution is 5.82. The Bertz CT molecular complexity index is 476. The van der Waals surface area contributed by atoms with Gasteiger partial charge in [0.2, 0.25) is 0 Å². The Hall–Kier alpha value is -2.05. The van der Waals surface area contributed by atoms with Crippen LogP contribution < -0.4 is 5.32 Å². The van der Waals surface area contributed by atoms with Crippen molar-refractivity contribution in [1.29, 1.82) is 0 Å². The summed E-state index contributed by atoms with van der Waals surface area (Å²) < 4.78 is 11.6. The molecule has 0 aliphatic heterocycles. The van der Waals surface area contributed by atoms with Crippen molar-refractivity contribution in [2.24, 2.45) is 7.05 Å². The summed E-state index contributed by atoms with van der Waals surface area (Å²) >= 11 is 0. The normalized spacial score (nSPS) is 12.7. The molecule has 1 amide bonds. The minimum Gasteiger partial charge on any atom is -0.464 e. The van der Waals surface area contributed by atoms with E-state index < -0.39 is 23.7 Å². The molecule has 112 valence electrons. The molecule has 0 aromatic carbocycles. The molecule has 0 saturated heterocycles. The summed E-state index contributed by atoms with van der Waals surface area (Å²) in [6.45, 7) is 7.17. The minimum atomic E-state index is -0.932. The first-order chi connectivity index (χ1) is 9.23. The van der Waals surface area contributed by atoms with Crippen LogP contribution in [0.25, 0.3) is 0 Å². The molecule has 0 fully saturated rings. The van der Waals surface area contributed by atoms with Gasteiger partial charge in [0, 0.05) is 18.8 Å². The first-order valence-electron chi connectivity index (χ1n) is 6.37. The highest BCUT2D eigenvalue weighted by atomic mass is 16.6. The fraction of sp³-hybridized carbons (Fsp3) is 0.615. The van der Waals surface area contributed by atoms with Gasteiger partial charge >= 0.3 is 12.1 Å². The quantitative estimate of drug-likeness (QED) is 0.848. The molecule has 7 heteroatoms. The molecule has 0 aliphatic rings. The van der Waals surface area contributed by atoms with Crippen LogP contribution in [-0.4, -0.2) is 34.1 Å². The van der Waals surface area contributed by atoms with Gasteiger partial charge in [0.1, 0.15) is 5.60 Å². The molecule has 7 nitrogen and oxygen atoms in total. The molecule has 1 aromatic rings. The van der Waals surface area contributed by atoms with Crippen molar-refractivity contribution in [3.05, 3.63) is 18.0 Å². The smallest absolute Gasteiger partial charge is 0.408 e. The Kier molecular flexibility index (Phi) is 5.12. The van der Waals surface area contributed by atoms with E-state index in [0.717, 1.165) is 0 Å². The number of aromatic nitrogens is 2. The van der Waals surface area contributed by atoms with E-state index in [4.69, 9.17) is 9.47 Å². The summed E-state index contributed by atoms with van der Waals surface area (Å²) in [4.78, 5) is 23.7. The average molecular weight is 283 g/mol. The van der Waals surface area contributed by atoms with Crippen molar-refractivity contribution in [1.82, 2.24) is 15.1 Å².